The summed E-state index contributed by atoms with van der Waals surface area (Å²) in [5.41, 5.74) is 3.08. The van der Waals surface area contributed by atoms with Crippen LogP contribution in [0.3, 0.4) is 0 Å². The fraction of sp³-hybridized carbons (Fsp3) is 0.267. The number of benzene rings is 1. The van der Waals surface area contributed by atoms with Gasteiger partial charge in [0.05, 0.1) is 13.2 Å². The summed E-state index contributed by atoms with van der Waals surface area (Å²) in [6.45, 7) is 2.02. The summed E-state index contributed by atoms with van der Waals surface area (Å²) in [6, 6.07) is 11.6. The molecule has 0 saturated heterocycles. The molecule has 1 unspecified atom stereocenters. The van der Waals surface area contributed by atoms with Gasteiger partial charge in [0.2, 0.25) is 5.88 Å². The summed E-state index contributed by atoms with van der Waals surface area (Å²) in [4.78, 5) is 4.13. The minimum absolute atomic E-state index is 0.500. The molecule has 1 aromatic carbocycles. The normalized spacial score (nSPS) is 12.2. The summed E-state index contributed by atoms with van der Waals surface area (Å²) >= 11 is 0. The molecule has 1 heterocycles. The predicted octanol–water partition coefficient (Wildman–Crippen LogP) is 2.67. The van der Waals surface area contributed by atoms with Crippen LogP contribution < -0.4 is 4.74 Å². The van der Waals surface area contributed by atoms with E-state index < -0.39 is 6.10 Å². The van der Waals surface area contributed by atoms with Gasteiger partial charge in [0, 0.05) is 18.7 Å². The first-order valence-electron chi connectivity index (χ1n) is 5.92. The molecule has 0 radical (unpaired) electrons. The summed E-state index contributed by atoms with van der Waals surface area (Å²) in [7, 11) is 1.59. The Morgan fingerprint density at radius 2 is 2.11 bits per heavy atom. The summed E-state index contributed by atoms with van der Waals surface area (Å²) < 4.78 is 5.00. The standard InChI is InChI=1S/C15H17NO2/c1-11-4-3-5-13(8-11)14(17)9-12-6-7-15(18-2)16-10-12/h3-8,10,14,17H,9H2,1-2H3. The lowest BCUT2D eigenvalue weighted by Crippen LogP contribution is -2.02. The number of pyridine rings is 1. The second kappa shape index (κ2) is 5.65. The zero-order chi connectivity index (χ0) is 13.0. The van der Waals surface area contributed by atoms with E-state index in [9.17, 15) is 5.11 Å². The molecule has 0 aliphatic rings. The third-order valence-corrected chi connectivity index (χ3v) is 2.86. The van der Waals surface area contributed by atoms with Gasteiger partial charge in [-0.15, -0.1) is 0 Å². The van der Waals surface area contributed by atoms with Gasteiger partial charge < -0.3 is 9.84 Å². The molecule has 0 spiro atoms. The molecule has 0 bridgehead atoms. The van der Waals surface area contributed by atoms with Gasteiger partial charge in [-0.05, 0) is 18.1 Å². The lowest BCUT2D eigenvalue weighted by Gasteiger charge is -2.11. The Labute approximate surface area is 107 Å². The van der Waals surface area contributed by atoms with Crippen LogP contribution in [0, 0.1) is 6.92 Å². The zero-order valence-corrected chi connectivity index (χ0v) is 10.6. The van der Waals surface area contributed by atoms with Crippen LogP contribution in [-0.2, 0) is 6.42 Å². The average Bonchev–Trinajstić information content (AvgIpc) is 2.39. The second-order valence-corrected chi connectivity index (χ2v) is 4.34. The van der Waals surface area contributed by atoms with Crippen molar-refractivity contribution in [1.29, 1.82) is 0 Å². The van der Waals surface area contributed by atoms with Crippen molar-refractivity contribution in [2.24, 2.45) is 0 Å². The number of nitrogens with zero attached hydrogens (tertiary/aromatic N) is 1. The number of aliphatic hydroxyl groups is 1. The number of aliphatic hydroxyl groups excluding tert-OH is 1. The van der Waals surface area contributed by atoms with Crippen molar-refractivity contribution < 1.29 is 9.84 Å². The van der Waals surface area contributed by atoms with E-state index in [1.54, 1.807) is 19.4 Å². The summed E-state index contributed by atoms with van der Waals surface area (Å²) in [5.74, 6) is 0.587. The SMILES string of the molecule is COc1ccc(CC(O)c2cccc(C)c2)cn1. The maximum atomic E-state index is 10.2. The lowest BCUT2D eigenvalue weighted by atomic mass is 10.0. The van der Waals surface area contributed by atoms with Gasteiger partial charge in [-0.25, -0.2) is 4.98 Å². The first kappa shape index (κ1) is 12.6. The van der Waals surface area contributed by atoms with Gasteiger partial charge >= 0.3 is 0 Å². The highest BCUT2D eigenvalue weighted by Gasteiger charge is 2.09. The van der Waals surface area contributed by atoms with E-state index in [0.717, 1.165) is 16.7 Å². The van der Waals surface area contributed by atoms with Crippen molar-refractivity contribution in [3.63, 3.8) is 0 Å². The van der Waals surface area contributed by atoms with Crippen LogP contribution in [0.5, 0.6) is 5.88 Å². The fourth-order valence-corrected chi connectivity index (χ4v) is 1.87. The van der Waals surface area contributed by atoms with Gasteiger partial charge in [0.25, 0.3) is 0 Å². The Bertz CT molecular complexity index is 508. The van der Waals surface area contributed by atoms with Gasteiger partial charge in [-0.2, -0.15) is 0 Å². The predicted molar refractivity (Wildman–Crippen MR) is 70.6 cm³/mol. The topological polar surface area (TPSA) is 42.4 Å². The molecular formula is C15H17NO2. The quantitative estimate of drug-likeness (QED) is 0.897. The van der Waals surface area contributed by atoms with Crippen molar-refractivity contribution in [3.8, 4) is 5.88 Å². The molecule has 0 amide bonds. The number of rotatable bonds is 4. The highest BCUT2D eigenvalue weighted by Crippen LogP contribution is 2.19. The maximum absolute atomic E-state index is 10.2. The molecule has 0 saturated carbocycles. The van der Waals surface area contributed by atoms with E-state index in [1.807, 2.05) is 37.3 Å². The van der Waals surface area contributed by atoms with Crippen LogP contribution in [0.25, 0.3) is 0 Å². The van der Waals surface area contributed by atoms with Crippen LogP contribution in [0.1, 0.15) is 22.8 Å². The van der Waals surface area contributed by atoms with E-state index in [1.165, 1.54) is 0 Å². The van der Waals surface area contributed by atoms with Crippen molar-refractivity contribution in [2.75, 3.05) is 7.11 Å². The first-order chi connectivity index (χ1) is 8.69. The van der Waals surface area contributed by atoms with Gasteiger partial charge in [0.15, 0.2) is 0 Å². The number of hydrogen-bond acceptors (Lipinski definition) is 3. The highest BCUT2D eigenvalue weighted by atomic mass is 16.5. The number of methoxy groups -OCH3 is 1. The Morgan fingerprint density at radius 3 is 2.72 bits per heavy atom. The van der Waals surface area contributed by atoms with Crippen molar-refractivity contribution >= 4 is 0 Å². The Balaban J connectivity index is 2.08. The van der Waals surface area contributed by atoms with Gasteiger partial charge in [0.1, 0.15) is 0 Å². The van der Waals surface area contributed by atoms with E-state index >= 15 is 0 Å². The third kappa shape index (κ3) is 3.08. The van der Waals surface area contributed by atoms with E-state index in [2.05, 4.69) is 4.98 Å². The van der Waals surface area contributed by atoms with E-state index in [-0.39, 0.29) is 0 Å². The average molecular weight is 243 g/mol. The molecule has 2 rings (SSSR count). The van der Waals surface area contributed by atoms with Crippen molar-refractivity contribution in [3.05, 3.63) is 59.3 Å². The van der Waals surface area contributed by atoms with Crippen LogP contribution in [0.4, 0.5) is 0 Å². The molecule has 0 aliphatic carbocycles. The van der Waals surface area contributed by atoms with Crippen molar-refractivity contribution in [2.45, 2.75) is 19.4 Å². The third-order valence-electron chi connectivity index (χ3n) is 2.86. The van der Waals surface area contributed by atoms with Gasteiger partial charge in [-0.1, -0.05) is 35.9 Å². The Hall–Kier alpha value is -1.87. The lowest BCUT2D eigenvalue weighted by molar-refractivity contribution is 0.178. The molecular weight excluding hydrogens is 226 g/mol. The van der Waals surface area contributed by atoms with Crippen LogP contribution in [-0.4, -0.2) is 17.2 Å². The number of aryl methyl sites for hydroxylation is 1. The van der Waals surface area contributed by atoms with Crippen LogP contribution in [0.15, 0.2) is 42.6 Å². The fourth-order valence-electron chi connectivity index (χ4n) is 1.87. The summed E-state index contributed by atoms with van der Waals surface area (Å²) in [5, 5.41) is 10.2. The summed E-state index contributed by atoms with van der Waals surface area (Å²) in [6.07, 6.45) is 1.79. The minimum Gasteiger partial charge on any atom is -0.481 e. The highest BCUT2D eigenvalue weighted by molar-refractivity contribution is 5.26. The molecule has 0 fully saturated rings. The minimum atomic E-state index is -0.500. The largest absolute Gasteiger partial charge is 0.481 e. The molecule has 1 atom stereocenters. The molecule has 18 heavy (non-hydrogen) atoms. The van der Waals surface area contributed by atoms with Crippen LogP contribution in [0.2, 0.25) is 0 Å². The first-order valence-corrected chi connectivity index (χ1v) is 5.92. The second-order valence-electron chi connectivity index (χ2n) is 4.34. The van der Waals surface area contributed by atoms with E-state index in [4.69, 9.17) is 4.74 Å². The van der Waals surface area contributed by atoms with Crippen LogP contribution >= 0.6 is 0 Å². The molecule has 1 N–H and O–H groups in total. The molecule has 0 aliphatic heterocycles. The maximum Gasteiger partial charge on any atom is 0.212 e. The smallest absolute Gasteiger partial charge is 0.212 e. The van der Waals surface area contributed by atoms with E-state index in [0.29, 0.717) is 12.3 Å². The Kier molecular flexibility index (Phi) is 3.95. The molecule has 2 aromatic rings. The number of aromatic nitrogens is 1. The molecule has 3 heteroatoms. The van der Waals surface area contributed by atoms with Gasteiger partial charge in [-0.3, -0.25) is 0 Å². The van der Waals surface area contributed by atoms with Crippen molar-refractivity contribution in [1.82, 2.24) is 4.98 Å². The molecule has 1 aromatic heterocycles. The molecule has 3 nitrogen and oxygen atoms in total. The zero-order valence-electron chi connectivity index (χ0n) is 10.6. The number of hydrogen-bond donors (Lipinski definition) is 1. The Morgan fingerprint density at radius 1 is 1.28 bits per heavy atom. The number of ether oxygens (including phenoxy) is 1. The molecule has 94 valence electrons. The monoisotopic (exact) mass is 243 g/mol.